The summed E-state index contributed by atoms with van der Waals surface area (Å²) in [5.74, 6) is -0.710. The van der Waals surface area contributed by atoms with Crippen molar-refractivity contribution in [1.82, 2.24) is 4.90 Å². The van der Waals surface area contributed by atoms with Crippen molar-refractivity contribution in [2.75, 3.05) is 19.8 Å². The minimum atomic E-state index is -1.06. The second kappa shape index (κ2) is 8.71. The van der Waals surface area contributed by atoms with E-state index in [9.17, 15) is 14.7 Å². The molecule has 2 aromatic carbocycles. The van der Waals surface area contributed by atoms with Crippen LogP contribution in [-0.2, 0) is 14.3 Å². The van der Waals surface area contributed by atoms with Crippen molar-refractivity contribution in [3.8, 4) is 11.1 Å². The van der Waals surface area contributed by atoms with E-state index < -0.39 is 24.2 Å². The van der Waals surface area contributed by atoms with Crippen LogP contribution in [0.15, 0.2) is 61.2 Å². The molecule has 0 radical (unpaired) electrons. The van der Waals surface area contributed by atoms with Crippen molar-refractivity contribution >= 4 is 12.1 Å². The van der Waals surface area contributed by atoms with E-state index in [1.807, 2.05) is 36.4 Å². The number of rotatable bonds is 5. The largest absolute Gasteiger partial charge is 0.460 e. The molecule has 1 saturated heterocycles. The topological polar surface area (TPSA) is 76.1 Å². The number of aliphatic hydroxyl groups is 1. The van der Waals surface area contributed by atoms with Crippen LogP contribution in [0.2, 0.25) is 0 Å². The molecule has 0 unspecified atom stereocenters. The van der Waals surface area contributed by atoms with Gasteiger partial charge in [-0.1, -0.05) is 61.2 Å². The molecule has 30 heavy (non-hydrogen) atoms. The molecule has 1 aliphatic carbocycles. The van der Waals surface area contributed by atoms with Crippen molar-refractivity contribution in [1.29, 1.82) is 0 Å². The first-order chi connectivity index (χ1) is 14.6. The number of ether oxygens (including phenoxy) is 2. The summed E-state index contributed by atoms with van der Waals surface area (Å²) in [6.07, 6.45) is 0.884. The number of nitrogens with zero attached hydrogens (tertiary/aromatic N) is 1. The maximum atomic E-state index is 12.9. The van der Waals surface area contributed by atoms with Gasteiger partial charge in [0.25, 0.3) is 0 Å². The van der Waals surface area contributed by atoms with E-state index in [0.717, 1.165) is 22.3 Å². The molecule has 6 nitrogen and oxygen atoms in total. The van der Waals surface area contributed by atoms with Crippen molar-refractivity contribution < 1.29 is 24.2 Å². The predicted octanol–water partition coefficient (Wildman–Crippen LogP) is 3.49. The Morgan fingerprint density at radius 3 is 2.33 bits per heavy atom. The van der Waals surface area contributed by atoms with Crippen LogP contribution >= 0.6 is 0 Å². The van der Waals surface area contributed by atoms with E-state index in [2.05, 4.69) is 18.7 Å². The van der Waals surface area contributed by atoms with E-state index in [0.29, 0.717) is 19.4 Å². The van der Waals surface area contributed by atoms with E-state index in [1.165, 1.54) is 11.0 Å². The van der Waals surface area contributed by atoms with Gasteiger partial charge >= 0.3 is 12.1 Å². The normalized spacial score (nSPS) is 20.2. The zero-order valence-electron chi connectivity index (χ0n) is 16.7. The zero-order chi connectivity index (χ0) is 21.1. The van der Waals surface area contributed by atoms with Crippen LogP contribution in [0.3, 0.4) is 0 Å². The number of hydrogen-bond acceptors (Lipinski definition) is 5. The molecule has 1 fully saturated rings. The molecule has 156 valence electrons. The fraction of sp³-hybridized carbons (Fsp3) is 0.333. The number of amides is 1. The lowest BCUT2D eigenvalue weighted by molar-refractivity contribution is -0.154. The highest BCUT2D eigenvalue weighted by atomic mass is 16.6. The molecule has 1 aliphatic heterocycles. The monoisotopic (exact) mass is 407 g/mol. The second-order valence-electron chi connectivity index (χ2n) is 7.57. The van der Waals surface area contributed by atoms with Crippen LogP contribution in [0.5, 0.6) is 0 Å². The predicted molar refractivity (Wildman–Crippen MR) is 112 cm³/mol. The molecule has 1 amide bonds. The van der Waals surface area contributed by atoms with Crippen LogP contribution in [0.25, 0.3) is 11.1 Å². The molecule has 6 heteroatoms. The Hall–Kier alpha value is -3.12. The third kappa shape index (κ3) is 3.71. The zero-order valence-corrected chi connectivity index (χ0v) is 16.7. The number of likely N-dealkylation sites (tertiary alicyclic amines) is 1. The molecular formula is C24H25NO5. The van der Waals surface area contributed by atoms with Gasteiger partial charge in [0.1, 0.15) is 13.2 Å². The smallest absolute Gasteiger partial charge is 0.410 e. The summed E-state index contributed by atoms with van der Waals surface area (Å²) in [5, 5.41) is 10.3. The minimum absolute atomic E-state index is 0.0284. The Morgan fingerprint density at radius 1 is 1.07 bits per heavy atom. The van der Waals surface area contributed by atoms with Gasteiger partial charge in [0.2, 0.25) is 0 Å². The lowest BCUT2D eigenvalue weighted by Crippen LogP contribution is -2.55. The minimum Gasteiger partial charge on any atom is -0.460 e. The van der Waals surface area contributed by atoms with E-state index in [1.54, 1.807) is 0 Å². The molecule has 4 rings (SSSR count). The maximum Gasteiger partial charge on any atom is 0.410 e. The van der Waals surface area contributed by atoms with Crippen LogP contribution in [0.4, 0.5) is 4.79 Å². The molecule has 0 aromatic heterocycles. The molecule has 0 bridgehead atoms. The van der Waals surface area contributed by atoms with Gasteiger partial charge in [0, 0.05) is 12.5 Å². The first-order valence-corrected chi connectivity index (χ1v) is 10.2. The van der Waals surface area contributed by atoms with Crippen molar-refractivity contribution in [3.63, 3.8) is 0 Å². The molecule has 2 atom stereocenters. The fourth-order valence-electron chi connectivity index (χ4n) is 4.37. The summed E-state index contributed by atoms with van der Waals surface area (Å²) >= 11 is 0. The number of carbonyl (C=O) groups is 2. The van der Waals surface area contributed by atoms with Gasteiger partial charge in [-0.15, -0.1) is 0 Å². The average Bonchev–Trinajstić information content (AvgIpc) is 3.09. The summed E-state index contributed by atoms with van der Waals surface area (Å²) in [5.41, 5.74) is 4.53. The highest BCUT2D eigenvalue weighted by Gasteiger charge is 2.41. The van der Waals surface area contributed by atoms with Crippen LogP contribution in [0.1, 0.15) is 29.9 Å². The van der Waals surface area contributed by atoms with Gasteiger partial charge in [-0.25, -0.2) is 9.59 Å². The second-order valence-corrected chi connectivity index (χ2v) is 7.57. The Kier molecular flexibility index (Phi) is 5.86. The summed E-state index contributed by atoms with van der Waals surface area (Å²) in [6.45, 7) is 4.04. The SMILES string of the molecule is C=CCOC(=O)[C@@H]1[C@H](O)CCCN1C(=O)OCC1c2ccccc2-c2ccccc21. The lowest BCUT2D eigenvalue weighted by atomic mass is 9.98. The number of carbonyl (C=O) groups excluding carboxylic acids is 2. The van der Waals surface area contributed by atoms with Gasteiger partial charge in [0.15, 0.2) is 6.04 Å². The first-order valence-electron chi connectivity index (χ1n) is 10.2. The number of esters is 1. The van der Waals surface area contributed by atoms with Crippen molar-refractivity contribution in [3.05, 3.63) is 72.3 Å². The molecule has 2 aromatic rings. The molecule has 0 saturated carbocycles. The third-order valence-electron chi connectivity index (χ3n) is 5.75. The Morgan fingerprint density at radius 2 is 1.70 bits per heavy atom. The van der Waals surface area contributed by atoms with Crippen LogP contribution < -0.4 is 0 Å². The van der Waals surface area contributed by atoms with E-state index in [-0.39, 0.29) is 19.1 Å². The van der Waals surface area contributed by atoms with Gasteiger partial charge < -0.3 is 14.6 Å². The van der Waals surface area contributed by atoms with Crippen molar-refractivity contribution in [2.45, 2.75) is 30.9 Å². The van der Waals surface area contributed by atoms with E-state index in [4.69, 9.17) is 9.47 Å². The van der Waals surface area contributed by atoms with Crippen molar-refractivity contribution in [2.24, 2.45) is 0 Å². The number of fused-ring (bicyclic) bond motifs is 3. The number of aliphatic hydroxyl groups excluding tert-OH is 1. The summed E-state index contributed by atoms with van der Waals surface area (Å²) in [7, 11) is 0. The summed E-state index contributed by atoms with van der Waals surface area (Å²) < 4.78 is 10.7. The van der Waals surface area contributed by atoms with Gasteiger partial charge in [-0.2, -0.15) is 0 Å². The molecule has 2 aliphatic rings. The number of hydrogen-bond donors (Lipinski definition) is 1. The molecule has 0 spiro atoms. The average molecular weight is 407 g/mol. The lowest BCUT2D eigenvalue weighted by Gasteiger charge is -2.36. The number of benzene rings is 2. The van der Waals surface area contributed by atoms with Gasteiger partial charge in [0.05, 0.1) is 6.10 Å². The maximum absolute atomic E-state index is 12.9. The summed E-state index contributed by atoms with van der Waals surface area (Å²) in [4.78, 5) is 26.6. The van der Waals surface area contributed by atoms with E-state index >= 15 is 0 Å². The fourth-order valence-corrected chi connectivity index (χ4v) is 4.37. The van der Waals surface area contributed by atoms with Crippen LogP contribution in [0, 0.1) is 0 Å². The first kappa shape index (κ1) is 20.2. The highest BCUT2D eigenvalue weighted by molar-refractivity contribution is 5.83. The summed E-state index contributed by atoms with van der Waals surface area (Å²) in [6, 6.07) is 15.1. The Labute approximate surface area is 175 Å². The molecule has 1 N–H and O–H groups in total. The third-order valence-corrected chi connectivity index (χ3v) is 5.75. The Bertz CT molecular complexity index is 911. The highest BCUT2D eigenvalue weighted by Crippen LogP contribution is 2.44. The quantitative estimate of drug-likeness (QED) is 0.607. The number of piperidine rings is 1. The van der Waals surface area contributed by atoms with Gasteiger partial charge in [-0.05, 0) is 35.1 Å². The molecule has 1 heterocycles. The standard InChI is InChI=1S/C24H25NO5/c1-2-14-29-23(27)22-21(26)12-7-13-25(22)24(28)30-15-20-18-10-5-3-8-16(18)17-9-4-6-11-19(17)20/h2-6,8-11,20-22,26H,1,7,12-15H2/t21-,22+/m1/s1. The van der Waals surface area contributed by atoms with Gasteiger partial charge in [-0.3, -0.25) is 4.90 Å². The Balaban J connectivity index is 1.50. The van der Waals surface area contributed by atoms with Crippen LogP contribution in [-0.4, -0.2) is 54.0 Å². The molecular weight excluding hydrogens is 382 g/mol.